The third-order valence-electron chi connectivity index (χ3n) is 3.42. The molecule has 2 heterocycles. The summed E-state index contributed by atoms with van der Waals surface area (Å²) >= 11 is 0. The Balaban J connectivity index is 1.97. The van der Waals surface area contributed by atoms with Crippen molar-refractivity contribution < 1.29 is 4.42 Å². The van der Waals surface area contributed by atoms with Gasteiger partial charge in [0.2, 0.25) is 0 Å². The van der Waals surface area contributed by atoms with E-state index >= 15 is 0 Å². The van der Waals surface area contributed by atoms with E-state index in [1.54, 1.807) is 6.26 Å². The lowest BCUT2D eigenvalue weighted by molar-refractivity contribution is 0.529. The summed E-state index contributed by atoms with van der Waals surface area (Å²) in [6, 6.07) is 8.18. The zero-order valence-electron chi connectivity index (χ0n) is 13.4. The molecule has 4 nitrogen and oxygen atoms in total. The van der Waals surface area contributed by atoms with Crippen LogP contribution < -0.4 is 10.2 Å². The smallest absolute Gasteiger partial charge is 0.128 e. The van der Waals surface area contributed by atoms with E-state index in [1.165, 1.54) is 5.56 Å². The molecule has 0 aromatic carbocycles. The zero-order chi connectivity index (χ0) is 15.2. The van der Waals surface area contributed by atoms with Crippen LogP contribution in [-0.4, -0.2) is 18.6 Å². The van der Waals surface area contributed by atoms with Gasteiger partial charge in [0.25, 0.3) is 0 Å². The minimum absolute atomic E-state index is 0.653. The number of nitrogens with zero attached hydrogens (tertiary/aromatic N) is 2. The van der Waals surface area contributed by atoms with Crippen molar-refractivity contribution in [3.8, 4) is 0 Å². The first-order valence-electron chi connectivity index (χ1n) is 7.47. The number of furan rings is 1. The Kier molecular flexibility index (Phi) is 5.39. The molecule has 0 unspecified atom stereocenters. The highest BCUT2D eigenvalue weighted by atomic mass is 16.3. The molecule has 0 atom stereocenters. The molecule has 1 N–H and O–H groups in total. The molecule has 21 heavy (non-hydrogen) atoms. The van der Waals surface area contributed by atoms with Crippen LogP contribution >= 0.6 is 0 Å². The molecular weight excluding hydrogens is 262 g/mol. The molecule has 2 rings (SSSR count). The maximum Gasteiger partial charge on any atom is 0.128 e. The van der Waals surface area contributed by atoms with Crippen molar-refractivity contribution in [2.45, 2.75) is 33.9 Å². The Labute approximate surface area is 127 Å². The Morgan fingerprint density at radius 2 is 2.10 bits per heavy atom. The number of aryl methyl sites for hydroxylation is 1. The van der Waals surface area contributed by atoms with Crippen LogP contribution in [0.4, 0.5) is 5.82 Å². The second-order valence-corrected chi connectivity index (χ2v) is 5.87. The lowest BCUT2D eigenvalue weighted by Crippen LogP contribution is -2.21. The first kappa shape index (κ1) is 15.6. The molecule has 2 aromatic rings. The van der Waals surface area contributed by atoms with Crippen molar-refractivity contribution >= 4 is 5.82 Å². The first-order valence-corrected chi connectivity index (χ1v) is 7.47. The van der Waals surface area contributed by atoms with E-state index in [0.717, 1.165) is 36.9 Å². The van der Waals surface area contributed by atoms with Gasteiger partial charge in [-0.25, -0.2) is 4.98 Å². The fourth-order valence-electron chi connectivity index (χ4n) is 2.18. The number of hydrogen-bond donors (Lipinski definition) is 1. The summed E-state index contributed by atoms with van der Waals surface area (Å²) in [4.78, 5) is 6.86. The van der Waals surface area contributed by atoms with Gasteiger partial charge < -0.3 is 14.6 Å². The van der Waals surface area contributed by atoms with Crippen molar-refractivity contribution in [3.05, 3.63) is 47.5 Å². The number of hydrogen-bond acceptors (Lipinski definition) is 4. The standard InChI is InChI=1S/C17H25N3O/c1-13(2)10-18-11-16-6-5-7-17(19-16)20(4)12-15-8-9-21-14(15)3/h5-9,13,18H,10-12H2,1-4H3. The monoisotopic (exact) mass is 287 g/mol. The van der Waals surface area contributed by atoms with Crippen LogP contribution in [0.15, 0.2) is 34.9 Å². The SMILES string of the molecule is Cc1occc1CN(C)c1cccc(CNCC(C)C)n1. The molecule has 0 radical (unpaired) electrons. The second-order valence-electron chi connectivity index (χ2n) is 5.87. The van der Waals surface area contributed by atoms with Gasteiger partial charge in [0.1, 0.15) is 11.6 Å². The van der Waals surface area contributed by atoms with E-state index in [0.29, 0.717) is 5.92 Å². The van der Waals surface area contributed by atoms with E-state index in [2.05, 4.69) is 43.2 Å². The van der Waals surface area contributed by atoms with Gasteiger partial charge in [-0.1, -0.05) is 19.9 Å². The Hall–Kier alpha value is -1.81. The molecule has 0 aliphatic heterocycles. The van der Waals surface area contributed by atoms with Crippen molar-refractivity contribution in [1.82, 2.24) is 10.3 Å². The van der Waals surface area contributed by atoms with Crippen LogP contribution in [0, 0.1) is 12.8 Å². The van der Waals surface area contributed by atoms with E-state index in [-0.39, 0.29) is 0 Å². The number of pyridine rings is 1. The zero-order valence-corrected chi connectivity index (χ0v) is 13.4. The Morgan fingerprint density at radius 1 is 1.29 bits per heavy atom. The van der Waals surface area contributed by atoms with Crippen molar-refractivity contribution in [3.63, 3.8) is 0 Å². The maximum atomic E-state index is 5.34. The largest absolute Gasteiger partial charge is 0.469 e. The average Bonchev–Trinajstić information content (AvgIpc) is 2.84. The molecule has 0 bridgehead atoms. The molecule has 0 fully saturated rings. The molecular formula is C17H25N3O. The van der Waals surface area contributed by atoms with Gasteiger partial charge in [0, 0.05) is 25.7 Å². The number of nitrogens with one attached hydrogen (secondary N) is 1. The van der Waals surface area contributed by atoms with E-state index in [9.17, 15) is 0 Å². The van der Waals surface area contributed by atoms with Crippen LogP contribution in [0.1, 0.15) is 30.9 Å². The van der Waals surface area contributed by atoms with E-state index < -0.39 is 0 Å². The highest BCUT2D eigenvalue weighted by molar-refractivity contribution is 5.39. The van der Waals surface area contributed by atoms with Crippen LogP contribution in [-0.2, 0) is 13.1 Å². The third kappa shape index (κ3) is 4.60. The van der Waals surface area contributed by atoms with E-state index in [4.69, 9.17) is 9.40 Å². The highest BCUT2D eigenvalue weighted by Gasteiger charge is 2.08. The molecule has 114 valence electrons. The number of rotatable bonds is 7. The van der Waals surface area contributed by atoms with Gasteiger partial charge in [-0.15, -0.1) is 0 Å². The molecule has 2 aromatic heterocycles. The summed E-state index contributed by atoms with van der Waals surface area (Å²) in [6.45, 7) is 9.03. The predicted octanol–water partition coefficient (Wildman–Crippen LogP) is 3.37. The van der Waals surface area contributed by atoms with Gasteiger partial charge >= 0.3 is 0 Å². The molecule has 0 aliphatic rings. The summed E-state index contributed by atoms with van der Waals surface area (Å²) in [5.41, 5.74) is 2.27. The highest BCUT2D eigenvalue weighted by Crippen LogP contribution is 2.16. The summed E-state index contributed by atoms with van der Waals surface area (Å²) in [5, 5.41) is 3.43. The van der Waals surface area contributed by atoms with Gasteiger partial charge in [0.15, 0.2) is 0 Å². The van der Waals surface area contributed by atoms with Crippen molar-refractivity contribution in [1.29, 1.82) is 0 Å². The molecule has 0 saturated carbocycles. The summed E-state index contributed by atoms with van der Waals surface area (Å²) in [7, 11) is 2.06. The topological polar surface area (TPSA) is 41.3 Å². The molecule has 4 heteroatoms. The van der Waals surface area contributed by atoms with Crippen LogP contribution in [0.2, 0.25) is 0 Å². The average molecular weight is 287 g/mol. The predicted molar refractivity (Wildman–Crippen MR) is 86.3 cm³/mol. The lowest BCUT2D eigenvalue weighted by Gasteiger charge is -2.18. The van der Waals surface area contributed by atoms with Crippen LogP contribution in [0.5, 0.6) is 0 Å². The van der Waals surface area contributed by atoms with Crippen molar-refractivity contribution in [2.75, 3.05) is 18.5 Å². The normalized spacial score (nSPS) is 11.1. The summed E-state index contributed by atoms with van der Waals surface area (Å²) in [6.07, 6.45) is 1.73. The lowest BCUT2D eigenvalue weighted by atomic mass is 10.2. The minimum Gasteiger partial charge on any atom is -0.469 e. The van der Waals surface area contributed by atoms with Crippen LogP contribution in [0.25, 0.3) is 0 Å². The van der Waals surface area contributed by atoms with Crippen molar-refractivity contribution in [2.24, 2.45) is 5.92 Å². The minimum atomic E-state index is 0.653. The molecule has 0 saturated heterocycles. The molecule has 0 aliphatic carbocycles. The Morgan fingerprint density at radius 3 is 2.76 bits per heavy atom. The summed E-state index contributed by atoms with van der Waals surface area (Å²) in [5.74, 6) is 2.61. The molecule has 0 amide bonds. The fraction of sp³-hybridized carbons (Fsp3) is 0.471. The van der Waals surface area contributed by atoms with E-state index in [1.807, 2.05) is 19.1 Å². The third-order valence-corrected chi connectivity index (χ3v) is 3.42. The first-order chi connectivity index (χ1) is 10.1. The van der Waals surface area contributed by atoms with Gasteiger partial charge in [-0.3, -0.25) is 0 Å². The number of aromatic nitrogens is 1. The number of anilines is 1. The summed E-state index contributed by atoms with van der Waals surface area (Å²) < 4.78 is 5.34. The quantitative estimate of drug-likeness (QED) is 0.848. The molecule has 0 spiro atoms. The van der Waals surface area contributed by atoms with Gasteiger partial charge in [-0.05, 0) is 37.6 Å². The second kappa shape index (κ2) is 7.27. The van der Waals surface area contributed by atoms with Gasteiger partial charge in [-0.2, -0.15) is 0 Å². The fourth-order valence-corrected chi connectivity index (χ4v) is 2.18. The Bertz CT molecular complexity index is 563. The van der Waals surface area contributed by atoms with Gasteiger partial charge in [0.05, 0.1) is 12.0 Å². The van der Waals surface area contributed by atoms with Crippen LogP contribution in [0.3, 0.4) is 0 Å². The maximum absolute atomic E-state index is 5.34.